The van der Waals surface area contributed by atoms with Crippen molar-refractivity contribution >= 4 is 17.5 Å². The van der Waals surface area contributed by atoms with Gasteiger partial charge in [0.25, 0.3) is 5.60 Å². The minimum atomic E-state index is -1.84. The fraction of sp³-hybridized carbons (Fsp3) is 0.821. The molecule has 5 rings (SSSR count). The summed E-state index contributed by atoms with van der Waals surface area (Å²) in [6.45, 7) is 2.65. The Morgan fingerprint density at radius 1 is 1.08 bits per heavy atom. The molecule has 2 aliphatic heterocycles. The van der Waals surface area contributed by atoms with Crippen molar-refractivity contribution < 1.29 is 29.0 Å². The normalized spacial score (nSPS) is 39.3. The maximum atomic E-state index is 13.9. The molecule has 0 radical (unpaired) electrons. The van der Waals surface area contributed by atoms with Crippen molar-refractivity contribution in [3.05, 3.63) is 11.1 Å². The number of hydrogen-bond acceptors (Lipinski definition) is 8. The first kappa shape index (κ1) is 26.0. The van der Waals surface area contributed by atoms with Crippen molar-refractivity contribution in [3.8, 4) is 0 Å². The largest absolute Gasteiger partial charge is 0.460 e. The monoisotopic (exact) mass is 502 g/mol. The Hall–Kier alpha value is -1.61. The Morgan fingerprint density at radius 2 is 1.75 bits per heavy atom. The molecule has 36 heavy (non-hydrogen) atoms. The van der Waals surface area contributed by atoms with Gasteiger partial charge in [-0.05, 0) is 89.2 Å². The van der Waals surface area contributed by atoms with Crippen LogP contribution >= 0.6 is 0 Å². The van der Waals surface area contributed by atoms with Crippen LogP contribution in [0.1, 0.15) is 90.4 Å². The maximum Gasteiger partial charge on any atom is 0.350 e. The van der Waals surface area contributed by atoms with Gasteiger partial charge < -0.3 is 25.6 Å². The predicted molar refractivity (Wildman–Crippen MR) is 133 cm³/mol. The van der Waals surface area contributed by atoms with Gasteiger partial charge >= 0.3 is 5.97 Å². The van der Waals surface area contributed by atoms with Crippen LogP contribution in [0.25, 0.3) is 0 Å². The highest BCUT2D eigenvalue weighted by Crippen LogP contribution is 2.62. The smallest absolute Gasteiger partial charge is 0.350 e. The van der Waals surface area contributed by atoms with Crippen LogP contribution < -0.4 is 11.1 Å². The zero-order valence-corrected chi connectivity index (χ0v) is 21.6. The van der Waals surface area contributed by atoms with Crippen LogP contribution in [-0.4, -0.2) is 59.3 Å². The standard InChI is InChI=1S/C28H42N2O6/c1-17(10-11-18-12-13-30-23(29)14-18)19(16-31)15-27-24(32)21-8-4-5-9-22(21)25(33)28(27,36-27)26(34)35-20-6-2-3-7-20/h18,20-23,30-31H,2-16,29H2,1H3. The highest BCUT2D eigenvalue weighted by atomic mass is 16.7. The molecular weight excluding hydrogens is 460 g/mol. The second-order valence-corrected chi connectivity index (χ2v) is 11.9. The second-order valence-electron chi connectivity index (χ2n) is 11.9. The topological polar surface area (TPSA) is 131 Å². The van der Waals surface area contributed by atoms with Gasteiger partial charge in [0, 0.05) is 18.3 Å². The molecule has 3 aliphatic carbocycles. The molecule has 200 valence electrons. The van der Waals surface area contributed by atoms with E-state index in [-0.39, 0.29) is 36.9 Å². The fourth-order valence-electron chi connectivity index (χ4n) is 7.36. The van der Waals surface area contributed by atoms with Crippen molar-refractivity contribution in [3.63, 3.8) is 0 Å². The molecule has 2 heterocycles. The number of ketones is 2. The quantitative estimate of drug-likeness (QED) is 0.200. The molecule has 6 atom stereocenters. The van der Waals surface area contributed by atoms with E-state index in [1.807, 2.05) is 6.92 Å². The number of epoxide rings is 1. The third-order valence-electron chi connectivity index (χ3n) is 9.63. The van der Waals surface area contributed by atoms with Gasteiger partial charge in [-0.25, -0.2) is 4.79 Å². The number of hydrogen-bond donors (Lipinski definition) is 3. The molecule has 8 nitrogen and oxygen atoms in total. The molecule has 8 heteroatoms. The highest BCUT2D eigenvalue weighted by Gasteiger charge is 2.87. The summed E-state index contributed by atoms with van der Waals surface area (Å²) in [7, 11) is 0. The van der Waals surface area contributed by atoms with E-state index in [4.69, 9.17) is 15.2 Å². The van der Waals surface area contributed by atoms with Crippen molar-refractivity contribution in [2.45, 2.75) is 114 Å². The number of rotatable bonds is 8. The Balaban J connectivity index is 1.39. The molecule has 0 aromatic heterocycles. The van der Waals surface area contributed by atoms with E-state index in [2.05, 4.69) is 5.32 Å². The molecule has 0 aromatic carbocycles. The number of carbonyl (C=O) groups excluding carboxylic acids is 3. The highest BCUT2D eigenvalue weighted by molar-refractivity contribution is 6.23. The van der Waals surface area contributed by atoms with Crippen LogP contribution in [0.4, 0.5) is 0 Å². The van der Waals surface area contributed by atoms with E-state index in [0.717, 1.165) is 76.3 Å². The number of esters is 1. The van der Waals surface area contributed by atoms with Crippen molar-refractivity contribution in [1.29, 1.82) is 0 Å². The van der Waals surface area contributed by atoms with Crippen molar-refractivity contribution in [1.82, 2.24) is 5.32 Å². The molecule has 0 bridgehead atoms. The molecule has 0 amide bonds. The summed E-state index contributed by atoms with van der Waals surface area (Å²) in [5, 5.41) is 13.6. The first-order valence-electron chi connectivity index (χ1n) is 14.1. The minimum absolute atomic E-state index is 0.0184. The maximum absolute atomic E-state index is 13.9. The predicted octanol–water partition coefficient (Wildman–Crippen LogP) is 2.70. The number of Topliss-reactive ketones (excluding diaryl/α,β-unsaturated/α-hetero) is 2. The Labute approximate surface area is 213 Å². The van der Waals surface area contributed by atoms with Crippen LogP contribution in [0, 0.1) is 17.8 Å². The Kier molecular flexibility index (Phi) is 7.42. The second kappa shape index (κ2) is 10.3. The number of piperidine rings is 1. The third kappa shape index (κ3) is 4.38. The van der Waals surface area contributed by atoms with Gasteiger partial charge in [-0.1, -0.05) is 18.4 Å². The molecule has 5 fully saturated rings. The Bertz CT molecular complexity index is 927. The third-order valence-corrected chi connectivity index (χ3v) is 9.63. The number of aliphatic hydroxyl groups excluding tert-OH is 1. The van der Waals surface area contributed by atoms with Gasteiger partial charge in [-0.15, -0.1) is 0 Å². The van der Waals surface area contributed by atoms with Gasteiger partial charge in [-0.2, -0.15) is 0 Å². The zero-order chi connectivity index (χ0) is 25.5. The summed E-state index contributed by atoms with van der Waals surface area (Å²) < 4.78 is 11.9. The summed E-state index contributed by atoms with van der Waals surface area (Å²) in [4.78, 5) is 41.3. The van der Waals surface area contributed by atoms with E-state index in [1.165, 1.54) is 0 Å². The minimum Gasteiger partial charge on any atom is -0.460 e. The number of aliphatic hydroxyl groups is 1. The molecule has 5 aliphatic rings. The van der Waals surface area contributed by atoms with E-state index < -0.39 is 29.0 Å². The van der Waals surface area contributed by atoms with Crippen LogP contribution in [-0.2, 0) is 23.9 Å². The van der Waals surface area contributed by atoms with Crippen LogP contribution in [0.5, 0.6) is 0 Å². The van der Waals surface area contributed by atoms with Gasteiger partial charge in [0.2, 0.25) is 0 Å². The van der Waals surface area contributed by atoms with Crippen molar-refractivity contribution in [2.75, 3.05) is 13.2 Å². The summed E-state index contributed by atoms with van der Waals surface area (Å²) in [5.74, 6) is -1.46. The summed E-state index contributed by atoms with van der Waals surface area (Å²) in [6.07, 6.45) is 10.2. The molecule has 2 saturated heterocycles. The van der Waals surface area contributed by atoms with Gasteiger partial charge in [0.15, 0.2) is 17.2 Å². The van der Waals surface area contributed by atoms with Gasteiger partial charge in [-0.3, -0.25) is 9.59 Å². The lowest BCUT2D eigenvalue weighted by atomic mass is 9.60. The summed E-state index contributed by atoms with van der Waals surface area (Å²) in [5.41, 5.74) is 4.37. The number of fused-ring (bicyclic) bond motifs is 2. The number of allylic oxidation sites excluding steroid dienone is 1. The lowest BCUT2D eigenvalue weighted by Crippen LogP contribution is -2.58. The first-order chi connectivity index (χ1) is 17.3. The molecule has 0 aromatic rings. The Morgan fingerprint density at radius 3 is 2.42 bits per heavy atom. The van der Waals surface area contributed by atoms with Gasteiger partial charge in [0.1, 0.15) is 6.10 Å². The average molecular weight is 503 g/mol. The lowest BCUT2D eigenvalue weighted by molar-refractivity contribution is -0.162. The first-order valence-corrected chi connectivity index (χ1v) is 14.1. The summed E-state index contributed by atoms with van der Waals surface area (Å²) >= 11 is 0. The lowest BCUT2D eigenvalue weighted by Gasteiger charge is -2.37. The zero-order valence-electron chi connectivity index (χ0n) is 21.6. The van der Waals surface area contributed by atoms with Crippen molar-refractivity contribution in [2.24, 2.45) is 23.5 Å². The number of ether oxygens (including phenoxy) is 2. The van der Waals surface area contributed by atoms with E-state index in [0.29, 0.717) is 24.3 Å². The molecular formula is C28H42N2O6. The van der Waals surface area contributed by atoms with E-state index in [9.17, 15) is 19.5 Å². The SMILES string of the molecule is CC(CCC1CCNC(N)C1)=C(CO)CC12OC1(C(=O)OC1CCCC1)C(=O)C1CCCCC1C2=O. The molecule has 6 unspecified atom stereocenters. The fourth-order valence-corrected chi connectivity index (χ4v) is 7.36. The number of carbonyl (C=O) groups is 3. The summed E-state index contributed by atoms with van der Waals surface area (Å²) in [6, 6.07) is 0. The van der Waals surface area contributed by atoms with Crippen LogP contribution in [0.2, 0.25) is 0 Å². The molecule has 0 spiro atoms. The molecule has 3 saturated carbocycles. The molecule has 4 N–H and O–H groups in total. The number of nitrogens with one attached hydrogen (secondary N) is 1. The van der Waals surface area contributed by atoms with Gasteiger partial charge in [0.05, 0.1) is 12.8 Å². The van der Waals surface area contributed by atoms with Crippen LogP contribution in [0.3, 0.4) is 0 Å². The van der Waals surface area contributed by atoms with Crippen LogP contribution in [0.15, 0.2) is 11.1 Å². The van der Waals surface area contributed by atoms with E-state index >= 15 is 0 Å². The average Bonchev–Trinajstić information content (AvgIpc) is 3.32. The number of nitrogens with two attached hydrogens (primary N) is 1. The van der Waals surface area contributed by atoms with E-state index in [1.54, 1.807) is 0 Å².